The van der Waals surface area contributed by atoms with Gasteiger partial charge in [0.15, 0.2) is 0 Å². The summed E-state index contributed by atoms with van der Waals surface area (Å²) < 4.78 is 0. The van der Waals surface area contributed by atoms with Gasteiger partial charge in [-0.2, -0.15) is 11.3 Å². The zero-order valence-electron chi connectivity index (χ0n) is 12.0. The molecule has 1 heterocycles. The second-order valence-electron chi connectivity index (χ2n) is 4.69. The lowest BCUT2D eigenvalue weighted by atomic mass is 10.0. The number of thiophene rings is 1. The molecule has 1 aromatic carbocycles. The van der Waals surface area contributed by atoms with E-state index in [1.807, 2.05) is 30.5 Å². The predicted molar refractivity (Wildman–Crippen MR) is 87.5 cm³/mol. The van der Waals surface area contributed by atoms with Crippen molar-refractivity contribution in [3.63, 3.8) is 0 Å². The van der Waals surface area contributed by atoms with Crippen molar-refractivity contribution in [1.29, 1.82) is 0 Å². The monoisotopic (exact) mass is 298 g/mol. The molecule has 0 spiro atoms. The van der Waals surface area contributed by atoms with Crippen molar-refractivity contribution >= 4 is 17.2 Å². The fourth-order valence-corrected chi connectivity index (χ4v) is 2.66. The Morgan fingerprint density at radius 3 is 2.95 bits per heavy atom. The van der Waals surface area contributed by atoms with Crippen molar-refractivity contribution in [2.24, 2.45) is 5.73 Å². The van der Waals surface area contributed by atoms with Gasteiger partial charge in [-0.05, 0) is 53.4 Å². The number of amides is 1. The van der Waals surface area contributed by atoms with Gasteiger partial charge >= 0.3 is 0 Å². The van der Waals surface area contributed by atoms with Gasteiger partial charge in [-0.3, -0.25) is 4.79 Å². The smallest absolute Gasteiger partial charge is 0.252 e. The third-order valence-electron chi connectivity index (χ3n) is 3.02. The number of carbonyl (C=O) groups is 1. The summed E-state index contributed by atoms with van der Waals surface area (Å²) in [5.74, 6) is 5.68. The molecule has 0 unspecified atom stereocenters. The molecular formula is C17H18N2OS. The summed E-state index contributed by atoms with van der Waals surface area (Å²) in [5.41, 5.74) is 9.05. The summed E-state index contributed by atoms with van der Waals surface area (Å²) >= 11 is 1.67. The Labute approximate surface area is 129 Å². The van der Waals surface area contributed by atoms with Gasteiger partial charge in [-0.25, -0.2) is 0 Å². The highest BCUT2D eigenvalue weighted by molar-refractivity contribution is 7.07. The minimum atomic E-state index is -0.0912. The van der Waals surface area contributed by atoms with E-state index in [1.54, 1.807) is 11.3 Å². The largest absolute Gasteiger partial charge is 0.352 e. The number of rotatable bonds is 4. The Morgan fingerprint density at radius 2 is 2.24 bits per heavy atom. The number of benzene rings is 1. The quantitative estimate of drug-likeness (QED) is 0.851. The first-order valence-corrected chi connectivity index (χ1v) is 7.74. The molecule has 108 valence electrons. The number of carbonyl (C=O) groups excluding carboxylic acids is 1. The fraction of sp³-hybridized carbons (Fsp3) is 0.235. The van der Waals surface area contributed by atoms with Crippen molar-refractivity contribution in [1.82, 2.24) is 5.32 Å². The summed E-state index contributed by atoms with van der Waals surface area (Å²) in [6.07, 6.45) is 0.838. The average molecular weight is 298 g/mol. The first-order valence-electron chi connectivity index (χ1n) is 6.79. The molecule has 3 N–H and O–H groups in total. The lowest BCUT2D eigenvalue weighted by Crippen LogP contribution is -2.26. The molecule has 0 aliphatic carbocycles. The SMILES string of the molecule is Cc1ccc(C(=O)NCCc2ccsc2)c(C#CCN)c1. The van der Waals surface area contributed by atoms with Crippen LogP contribution in [0, 0.1) is 18.8 Å². The highest BCUT2D eigenvalue weighted by Gasteiger charge is 2.09. The van der Waals surface area contributed by atoms with E-state index in [1.165, 1.54) is 5.56 Å². The fourth-order valence-electron chi connectivity index (χ4n) is 1.96. The zero-order chi connectivity index (χ0) is 15.1. The summed E-state index contributed by atoms with van der Waals surface area (Å²) in [4.78, 5) is 12.3. The van der Waals surface area contributed by atoms with Crippen LogP contribution in [0.4, 0.5) is 0 Å². The lowest BCUT2D eigenvalue weighted by Gasteiger charge is -2.07. The van der Waals surface area contributed by atoms with Gasteiger partial charge in [0.25, 0.3) is 5.91 Å². The van der Waals surface area contributed by atoms with Crippen LogP contribution in [0.15, 0.2) is 35.0 Å². The molecule has 2 aromatic rings. The molecule has 0 saturated carbocycles. The molecule has 21 heavy (non-hydrogen) atoms. The summed E-state index contributed by atoms with van der Waals surface area (Å²) in [7, 11) is 0. The first kappa shape index (κ1) is 15.3. The number of hydrogen-bond donors (Lipinski definition) is 2. The summed E-state index contributed by atoms with van der Waals surface area (Å²) in [6, 6.07) is 7.72. The lowest BCUT2D eigenvalue weighted by molar-refractivity contribution is 0.0954. The molecule has 0 aliphatic heterocycles. The number of aryl methyl sites for hydroxylation is 1. The highest BCUT2D eigenvalue weighted by atomic mass is 32.1. The molecule has 3 nitrogen and oxygen atoms in total. The second-order valence-corrected chi connectivity index (χ2v) is 5.47. The Balaban J connectivity index is 2.04. The number of nitrogens with one attached hydrogen (secondary N) is 1. The van der Waals surface area contributed by atoms with Crippen LogP contribution in [0.25, 0.3) is 0 Å². The molecular weight excluding hydrogens is 280 g/mol. The van der Waals surface area contributed by atoms with E-state index in [9.17, 15) is 4.79 Å². The molecule has 0 atom stereocenters. The third-order valence-corrected chi connectivity index (χ3v) is 3.76. The Morgan fingerprint density at radius 1 is 1.38 bits per heavy atom. The van der Waals surface area contributed by atoms with E-state index in [0.29, 0.717) is 12.1 Å². The van der Waals surface area contributed by atoms with Crippen molar-refractivity contribution in [3.05, 3.63) is 57.3 Å². The molecule has 0 fully saturated rings. The summed E-state index contributed by atoms with van der Waals surface area (Å²) in [6.45, 7) is 2.88. The van der Waals surface area contributed by atoms with Crippen LogP contribution in [-0.4, -0.2) is 19.0 Å². The van der Waals surface area contributed by atoms with Crippen LogP contribution in [-0.2, 0) is 6.42 Å². The maximum Gasteiger partial charge on any atom is 0.252 e. The molecule has 0 aliphatic rings. The standard InChI is InChI=1S/C17H18N2OS/c1-13-4-5-16(15(11-13)3-2-8-18)17(20)19-9-6-14-7-10-21-12-14/h4-5,7,10-12H,6,8-9,18H2,1H3,(H,19,20). The van der Waals surface area contributed by atoms with Gasteiger partial charge in [0.2, 0.25) is 0 Å². The topological polar surface area (TPSA) is 55.1 Å². The van der Waals surface area contributed by atoms with Crippen molar-refractivity contribution in [3.8, 4) is 11.8 Å². The van der Waals surface area contributed by atoms with Gasteiger partial charge in [0.05, 0.1) is 12.1 Å². The van der Waals surface area contributed by atoms with Crippen LogP contribution in [0.1, 0.15) is 27.0 Å². The number of hydrogen-bond acceptors (Lipinski definition) is 3. The van der Waals surface area contributed by atoms with Crippen LogP contribution in [0.5, 0.6) is 0 Å². The molecule has 2 rings (SSSR count). The van der Waals surface area contributed by atoms with Crippen molar-refractivity contribution in [2.75, 3.05) is 13.1 Å². The Kier molecular flexibility index (Phi) is 5.56. The van der Waals surface area contributed by atoms with Crippen LogP contribution < -0.4 is 11.1 Å². The molecule has 4 heteroatoms. The maximum atomic E-state index is 12.3. The minimum Gasteiger partial charge on any atom is -0.352 e. The van der Waals surface area contributed by atoms with E-state index in [2.05, 4.69) is 28.6 Å². The maximum absolute atomic E-state index is 12.3. The number of nitrogens with two attached hydrogens (primary N) is 1. The Bertz CT molecular complexity index is 666. The molecule has 0 bridgehead atoms. The first-order chi connectivity index (χ1) is 10.2. The van der Waals surface area contributed by atoms with Gasteiger partial charge in [-0.1, -0.05) is 17.9 Å². The van der Waals surface area contributed by atoms with Gasteiger partial charge < -0.3 is 11.1 Å². The van der Waals surface area contributed by atoms with E-state index in [4.69, 9.17) is 5.73 Å². The van der Waals surface area contributed by atoms with Crippen LogP contribution >= 0.6 is 11.3 Å². The minimum absolute atomic E-state index is 0.0912. The Hall–Kier alpha value is -2.09. The van der Waals surface area contributed by atoms with E-state index < -0.39 is 0 Å². The highest BCUT2D eigenvalue weighted by Crippen LogP contribution is 2.11. The third kappa shape index (κ3) is 4.45. The van der Waals surface area contributed by atoms with E-state index in [-0.39, 0.29) is 12.5 Å². The molecule has 0 radical (unpaired) electrons. The van der Waals surface area contributed by atoms with Crippen molar-refractivity contribution < 1.29 is 4.79 Å². The van der Waals surface area contributed by atoms with Crippen molar-refractivity contribution in [2.45, 2.75) is 13.3 Å². The van der Waals surface area contributed by atoms with Gasteiger partial charge in [-0.15, -0.1) is 0 Å². The second kappa shape index (κ2) is 7.63. The average Bonchev–Trinajstić information content (AvgIpc) is 2.98. The molecule has 1 aromatic heterocycles. The van der Waals surface area contributed by atoms with Gasteiger partial charge in [0.1, 0.15) is 0 Å². The van der Waals surface area contributed by atoms with Crippen LogP contribution in [0.3, 0.4) is 0 Å². The van der Waals surface area contributed by atoms with E-state index in [0.717, 1.165) is 17.5 Å². The summed E-state index contributed by atoms with van der Waals surface area (Å²) in [5, 5.41) is 7.07. The van der Waals surface area contributed by atoms with E-state index >= 15 is 0 Å². The normalized spacial score (nSPS) is 9.81. The van der Waals surface area contributed by atoms with Gasteiger partial charge in [0, 0.05) is 12.1 Å². The van der Waals surface area contributed by atoms with Crippen LogP contribution in [0.2, 0.25) is 0 Å². The predicted octanol–water partition coefficient (Wildman–Crippen LogP) is 2.34. The molecule has 1 amide bonds. The zero-order valence-corrected chi connectivity index (χ0v) is 12.8. The molecule has 0 saturated heterocycles.